The number of amides is 3. The Hall–Kier alpha value is -2.93. The zero-order chi connectivity index (χ0) is 21.0. The summed E-state index contributed by atoms with van der Waals surface area (Å²) in [7, 11) is 0. The van der Waals surface area contributed by atoms with Gasteiger partial charge in [0, 0.05) is 17.7 Å². The van der Waals surface area contributed by atoms with Crippen LogP contribution in [0, 0.1) is 0 Å². The van der Waals surface area contributed by atoms with Gasteiger partial charge in [0.15, 0.2) is 0 Å². The molecule has 1 aliphatic heterocycles. The third kappa shape index (κ3) is 5.77. The number of fused-ring (bicyclic) bond motifs is 1. The smallest absolute Gasteiger partial charge is 0.412 e. The van der Waals surface area contributed by atoms with Crippen molar-refractivity contribution in [2.45, 2.75) is 38.8 Å². The van der Waals surface area contributed by atoms with Crippen LogP contribution < -0.4 is 20.7 Å². The Morgan fingerprint density at radius 2 is 1.90 bits per heavy atom. The molecule has 0 fully saturated rings. The second kappa shape index (κ2) is 8.61. The van der Waals surface area contributed by atoms with E-state index in [4.69, 9.17) is 21.1 Å². The predicted octanol–water partition coefficient (Wildman–Crippen LogP) is 5.33. The highest BCUT2D eigenvalue weighted by molar-refractivity contribution is 6.33. The van der Waals surface area contributed by atoms with Crippen molar-refractivity contribution < 1.29 is 19.1 Å². The zero-order valence-electron chi connectivity index (χ0n) is 16.5. The standard InChI is InChI=1S/C21H24ClN3O4/c1-21(2,3)29-20(27)23-13-8-9-18-14(12-13)16(10-11-28-18)24-19(26)25-17-7-5-4-6-15(17)22/h4-9,12,16H,10-11H2,1-3H3,(H,23,27)(H2,24,25,26)/t16-/m0/s1. The van der Waals surface area contributed by atoms with Crippen LogP contribution in [0.5, 0.6) is 5.75 Å². The molecule has 8 heteroatoms. The van der Waals surface area contributed by atoms with Gasteiger partial charge in [-0.1, -0.05) is 23.7 Å². The van der Waals surface area contributed by atoms with E-state index >= 15 is 0 Å². The predicted molar refractivity (Wildman–Crippen MR) is 113 cm³/mol. The summed E-state index contributed by atoms with van der Waals surface area (Å²) >= 11 is 6.09. The molecular weight excluding hydrogens is 394 g/mol. The molecule has 0 radical (unpaired) electrons. The first-order valence-electron chi connectivity index (χ1n) is 9.30. The molecule has 1 atom stereocenters. The second-order valence-electron chi connectivity index (χ2n) is 7.65. The summed E-state index contributed by atoms with van der Waals surface area (Å²) < 4.78 is 11.0. The van der Waals surface area contributed by atoms with E-state index in [1.54, 1.807) is 63.2 Å². The number of anilines is 2. The van der Waals surface area contributed by atoms with E-state index in [2.05, 4.69) is 16.0 Å². The number of urea groups is 1. The number of carbonyl (C=O) groups is 2. The van der Waals surface area contributed by atoms with Crippen LogP contribution in [-0.2, 0) is 4.74 Å². The average Bonchev–Trinajstić information content (AvgIpc) is 2.62. The van der Waals surface area contributed by atoms with Crippen LogP contribution in [0.4, 0.5) is 21.0 Å². The van der Waals surface area contributed by atoms with Crippen LogP contribution in [0.25, 0.3) is 0 Å². The monoisotopic (exact) mass is 417 g/mol. The van der Waals surface area contributed by atoms with Crippen LogP contribution in [0.15, 0.2) is 42.5 Å². The maximum absolute atomic E-state index is 12.5. The summed E-state index contributed by atoms with van der Waals surface area (Å²) in [6, 6.07) is 11.6. The molecule has 3 rings (SSSR count). The highest BCUT2D eigenvalue weighted by atomic mass is 35.5. The Kier molecular flexibility index (Phi) is 6.17. The number of benzene rings is 2. The fourth-order valence-electron chi connectivity index (χ4n) is 2.92. The Morgan fingerprint density at radius 3 is 2.62 bits per heavy atom. The van der Waals surface area contributed by atoms with E-state index in [1.165, 1.54) is 0 Å². The normalized spacial score (nSPS) is 15.5. The van der Waals surface area contributed by atoms with Crippen LogP contribution in [0.1, 0.15) is 38.8 Å². The van der Waals surface area contributed by atoms with E-state index < -0.39 is 11.7 Å². The van der Waals surface area contributed by atoms with Crippen molar-refractivity contribution in [1.29, 1.82) is 0 Å². The number of hydrogen-bond donors (Lipinski definition) is 3. The van der Waals surface area contributed by atoms with Crippen molar-refractivity contribution in [3.05, 3.63) is 53.1 Å². The maximum atomic E-state index is 12.5. The van der Waals surface area contributed by atoms with Gasteiger partial charge in [0.1, 0.15) is 11.4 Å². The Balaban J connectivity index is 1.71. The summed E-state index contributed by atoms with van der Waals surface area (Å²) in [6.07, 6.45) is 0.0499. The number of hydrogen-bond acceptors (Lipinski definition) is 4. The van der Waals surface area contributed by atoms with E-state index in [-0.39, 0.29) is 12.1 Å². The largest absolute Gasteiger partial charge is 0.493 e. The average molecular weight is 418 g/mol. The van der Waals surface area contributed by atoms with Gasteiger partial charge in [0.05, 0.1) is 23.4 Å². The van der Waals surface area contributed by atoms with Crippen LogP contribution in [0.3, 0.4) is 0 Å². The number of para-hydroxylation sites is 1. The minimum Gasteiger partial charge on any atom is -0.493 e. The highest BCUT2D eigenvalue weighted by Gasteiger charge is 2.24. The number of nitrogens with one attached hydrogen (secondary N) is 3. The van der Waals surface area contributed by atoms with Gasteiger partial charge in [-0.2, -0.15) is 0 Å². The van der Waals surface area contributed by atoms with Gasteiger partial charge in [-0.3, -0.25) is 5.32 Å². The van der Waals surface area contributed by atoms with Crippen LogP contribution in [-0.4, -0.2) is 24.3 Å². The molecule has 0 aromatic heterocycles. The maximum Gasteiger partial charge on any atom is 0.412 e. The molecule has 2 aromatic carbocycles. The quantitative estimate of drug-likeness (QED) is 0.629. The molecule has 0 unspecified atom stereocenters. The minimum absolute atomic E-state index is 0.276. The van der Waals surface area contributed by atoms with Crippen molar-refractivity contribution in [2.24, 2.45) is 0 Å². The van der Waals surface area contributed by atoms with Gasteiger partial charge in [-0.15, -0.1) is 0 Å². The lowest BCUT2D eigenvalue weighted by Crippen LogP contribution is -2.35. The van der Waals surface area contributed by atoms with Gasteiger partial charge in [-0.05, 0) is 51.1 Å². The molecule has 3 N–H and O–H groups in total. The molecule has 0 saturated carbocycles. The Labute approximate surface area is 174 Å². The lowest BCUT2D eigenvalue weighted by molar-refractivity contribution is 0.0636. The van der Waals surface area contributed by atoms with Crippen LogP contribution in [0.2, 0.25) is 5.02 Å². The van der Waals surface area contributed by atoms with Crippen molar-refractivity contribution >= 4 is 35.1 Å². The number of carbonyl (C=O) groups excluding carboxylic acids is 2. The molecule has 2 aromatic rings. The molecule has 0 aliphatic carbocycles. The lowest BCUT2D eigenvalue weighted by atomic mass is 10.00. The van der Waals surface area contributed by atoms with Crippen LogP contribution >= 0.6 is 11.6 Å². The lowest BCUT2D eigenvalue weighted by Gasteiger charge is -2.27. The third-order valence-electron chi connectivity index (χ3n) is 4.12. The SMILES string of the molecule is CC(C)(C)OC(=O)Nc1ccc2c(c1)[C@@H](NC(=O)Nc1ccccc1Cl)CCO2. The first-order chi connectivity index (χ1) is 13.7. The van der Waals surface area contributed by atoms with E-state index in [0.29, 0.717) is 35.2 Å². The molecule has 154 valence electrons. The van der Waals surface area contributed by atoms with Crippen molar-refractivity contribution in [3.63, 3.8) is 0 Å². The molecular formula is C21H24ClN3O4. The van der Waals surface area contributed by atoms with Gasteiger partial charge in [-0.25, -0.2) is 9.59 Å². The molecule has 0 bridgehead atoms. The van der Waals surface area contributed by atoms with E-state index in [9.17, 15) is 9.59 Å². The first-order valence-corrected chi connectivity index (χ1v) is 9.68. The van der Waals surface area contributed by atoms with Gasteiger partial charge in [0.2, 0.25) is 0 Å². The highest BCUT2D eigenvalue weighted by Crippen LogP contribution is 2.34. The van der Waals surface area contributed by atoms with Gasteiger partial charge >= 0.3 is 12.1 Å². The molecule has 29 heavy (non-hydrogen) atoms. The Morgan fingerprint density at radius 1 is 1.14 bits per heavy atom. The number of ether oxygens (including phenoxy) is 2. The third-order valence-corrected chi connectivity index (χ3v) is 4.45. The molecule has 7 nitrogen and oxygen atoms in total. The fourth-order valence-corrected chi connectivity index (χ4v) is 3.11. The molecule has 3 amide bonds. The summed E-state index contributed by atoms with van der Waals surface area (Å²) in [5.41, 5.74) is 1.27. The topological polar surface area (TPSA) is 88.7 Å². The Bertz CT molecular complexity index is 911. The molecule has 0 saturated heterocycles. The second-order valence-corrected chi connectivity index (χ2v) is 8.05. The number of halogens is 1. The van der Waals surface area contributed by atoms with Gasteiger partial charge in [0.25, 0.3) is 0 Å². The minimum atomic E-state index is -0.595. The summed E-state index contributed by atoms with van der Waals surface area (Å²) in [6.45, 7) is 5.86. The zero-order valence-corrected chi connectivity index (χ0v) is 17.3. The summed E-state index contributed by atoms with van der Waals surface area (Å²) in [4.78, 5) is 24.5. The summed E-state index contributed by atoms with van der Waals surface area (Å²) in [5.74, 6) is 0.661. The van der Waals surface area contributed by atoms with Crippen molar-refractivity contribution in [2.75, 3.05) is 17.2 Å². The first kappa shape index (κ1) is 20.8. The van der Waals surface area contributed by atoms with Crippen molar-refractivity contribution in [1.82, 2.24) is 5.32 Å². The molecule has 1 heterocycles. The fraction of sp³-hybridized carbons (Fsp3) is 0.333. The van der Waals surface area contributed by atoms with E-state index in [1.807, 2.05) is 0 Å². The van der Waals surface area contributed by atoms with Gasteiger partial charge < -0.3 is 20.1 Å². The van der Waals surface area contributed by atoms with Crippen molar-refractivity contribution in [3.8, 4) is 5.75 Å². The molecule has 0 spiro atoms. The number of rotatable bonds is 3. The molecule has 1 aliphatic rings. The van der Waals surface area contributed by atoms with E-state index in [0.717, 1.165) is 5.56 Å². The summed E-state index contributed by atoms with van der Waals surface area (Å²) in [5, 5.41) is 8.85.